The first-order valence-corrected chi connectivity index (χ1v) is 11.9. The molecule has 0 spiro atoms. The van der Waals surface area contributed by atoms with Gasteiger partial charge in [-0.2, -0.15) is 5.10 Å². The van der Waals surface area contributed by atoms with Crippen LogP contribution in [0.2, 0.25) is 0 Å². The van der Waals surface area contributed by atoms with Gasteiger partial charge in [-0.1, -0.05) is 96.9 Å². The van der Waals surface area contributed by atoms with Gasteiger partial charge in [0.25, 0.3) is 0 Å². The van der Waals surface area contributed by atoms with Gasteiger partial charge in [0.05, 0.1) is 5.69 Å². The standard InChI is InChI=1S/C31H29N3/c1-4-8-30-32-31(26-9-6-5-7-10-26)34(33-30)29-20-27(24-15-11-22(2)12-16-24)19-28(21-29)25-17-13-23(3)14-18-25/h5-7,9-21H,4,8H2,1-3H3. The summed E-state index contributed by atoms with van der Waals surface area (Å²) in [6.45, 7) is 6.40. The molecule has 0 radical (unpaired) electrons. The molecule has 5 aromatic rings. The number of aromatic nitrogens is 3. The maximum Gasteiger partial charge on any atom is 0.163 e. The Labute approximate surface area is 201 Å². The minimum absolute atomic E-state index is 0.856. The van der Waals surface area contributed by atoms with Crippen LogP contribution in [-0.4, -0.2) is 14.8 Å². The largest absolute Gasteiger partial charge is 0.213 e. The highest BCUT2D eigenvalue weighted by Crippen LogP contribution is 2.32. The average Bonchev–Trinajstić information content (AvgIpc) is 3.29. The fraction of sp³-hybridized carbons (Fsp3) is 0.161. The molecular weight excluding hydrogens is 414 g/mol. The highest BCUT2D eigenvalue weighted by Gasteiger charge is 2.15. The van der Waals surface area contributed by atoms with Gasteiger partial charge in [-0.25, -0.2) is 9.67 Å². The third-order valence-corrected chi connectivity index (χ3v) is 6.09. The van der Waals surface area contributed by atoms with Gasteiger partial charge in [0, 0.05) is 12.0 Å². The number of rotatable bonds is 6. The molecule has 34 heavy (non-hydrogen) atoms. The summed E-state index contributed by atoms with van der Waals surface area (Å²) >= 11 is 0. The Morgan fingerprint density at radius 1 is 0.618 bits per heavy atom. The Hall–Kier alpha value is -3.98. The molecule has 1 aromatic heterocycles. The Balaban J connectivity index is 1.72. The minimum atomic E-state index is 0.856. The first-order valence-electron chi connectivity index (χ1n) is 11.9. The van der Waals surface area contributed by atoms with Crippen LogP contribution in [0.15, 0.2) is 97.1 Å². The van der Waals surface area contributed by atoms with Crippen LogP contribution in [0.3, 0.4) is 0 Å². The molecule has 0 atom stereocenters. The van der Waals surface area contributed by atoms with Gasteiger partial charge in [-0.3, -0.25) is 0 Å². The lowest BCUT2D eigenvalue weighted by atomic mass is 9.97. The molecule has 3 nitrogen and oxygen atoms in total. The molecule has 0 fully saturated rings. The van der Waals surface area contributed by atoms with Gasteiger partial charge in [0.2, 0.25) is 0 Å². The molecular formula is C31H29N3. The van der Waals surface area contributed by atoms with Crippen LogP contribution in [0.25, 0.3) is 39.3 Å². The molecule has 0 N–H and O–H groups in total. The van der Waals surface area contributed by atoms with Crippen LogP contribution >= 0.6 is 0 Å². The number of aryl methyl sites for hydroxylation is 3. The SMILES string of the molecule is CCCc1nc(-c2ccccc2)n(-c2cc(-c3ccc(C)cc3)cc(-c3ccc(C)cc3)c2)n1. The van der Waals surface area contributed by atoms with E-state index >= 15 is 0 Å². The molecule has 0 aliphatic heterocycles. The van der Waals surface area contributed by atoms with Gasteiger partial charge in [-0.05, 0) is 60.7 Å². The number of nitrogens with zero attached hydrogens (tertiary/aromatic N) is 3. The van der Waals surface area contributed by atoms with E-state index in [1.165, 1.54) is 33.4 Å². The van der Waals surface area contributed by atoms with E-state index in [0.29, 0.717) is 0 Å². The van der Waals surface area contributed by atoms with Gasteiger partial charge in [0.15, 0.2) is 11.6 Å². The molecule has 0 saturated heterocycles. The molecule has 3 heteroatoms. The van der Waals surface area contributed by atoms with Crippen molar-refractivity contribution in [2.75, 3.05) is 0 Å². The molecule has 0 aliphatic rings. The van der Waals surface area contributed by atoms with Crippen molar-refractivity contribution >= 4 is 0 Å². The van der Waals surface area contributed by atoms with E-state index in [0.717, 1.165) is 35.7 Å². The van der Waals surface area contributed by atoms with Crippen molar-refractivity contribution in [3.63, 3.8) is 0 Å². The van der Waals surface area contributed by atoms with Crippen molar-refractivity contribution in [3.05, 3.63) is 114 Å². The van der Waals surface area contributed by atoms with E-state index in [9.17, 15) is 0 Å². The van der Waals surface area contributed by atoms with E-state index in [4.69, 9.17) is 10.1 Å². The quantitative estimate of drug-likeness (QED) is 0.268. The topological polar surface area (TPSA) is 30.7 Å². The highest BCUT2D eigenvalue weighted by molar-refractivity contribution is 5.77. The van der Waals surface area contributed by atoms with Crippen molar-refractivity contribution in [1.82, 2.24) is 14.8 Å². The smallest absolute Gasteiger partial charge is 0.163 e. The van der Waals surface area contributed by atoms with E-state index < -0.39 is 0 Å². The fourth-order valence-electron chi connectivity index (χ4n) is 4.20. The Morgan fingerprint density at radius 3 is 1.71 bits per heavy atom. The number of hydrogen-bond donors (Lipinski definition) is 0. The number of benzene rings is 4. The zero-order valence-electron chi connectivity index (χ0n) is 20.0. The molecule has 0 unspecified atom stereocenters. The van der Waals surface area contributed by atoms with Gasteiger partial charge < -0.3 is 0 Å². The predicted octanol–water partition coefficient (Wildman–Crippen LogP) is 7.84. The molecule has 0 amide bonds. The van der Waals surface area contributed by atoms with Crippen molar-refractivity contribution in [2.24, 2.45) is 0 Å². The van der Waals surface area contributed by atoms with Crippen LogP contribution in [-0.2, 0) is 6.42 Å². The summed E-state index contributed by atoms with van der Waals surface area (Å²) in [5.74, 6) is 1.75. The summed E-state index contributed by atoms with van der Waals surface area (Å²) in [4.78, 5) is 4.93. The Morgan fingerprint density at radius 2 is 1.18 bits per heavy atom. The lowest BCUT2D eigenvalue weighted by molar-refractivity contribution is 0.801. The number of hydrogen-bond acceptors (Lipinski definition) is 2. The van der Waals surface area contributed by atoms with Crippen LogP contribution in [0.4, 0.5) is 0 Å². The monoisotopic (exact) mass is 443 g/mol. The summed E-state index contributed by atoms with van der Waals surface area (Å²) in [5, 5.41) is 4.95. The average molecular weight is 444 g/mol. The van der Waals surface area contributed by atoms with E-state index in [1.807, 2.05) is 22.9 Å². The van der Waals surface area contributed by atoms with Gasteiger partial charge >= 0.3 is 0 Å². The maximum absolute atomic E-state index is 4.95. The molecule has 0 saturated carbocycles. The molecule has 168 valence electrons. The summed E-state index contributed by atoms with van der Waals surface area (Å²) in [6, 6.07) is 34.5. The lowest BCUT2D eigenvalue weighted by Crippen LogP contribution is -2.01. The molecule has 0 bridgehead atoms. The molecule has 1 heterocycles. The van der Waals surface area contributed by atoms with Crippen LogP contribution in [0, 0.1) is 13.8 Å². The second-order valence-corrected chi connectivity index (χ2v) is 8.88. The summed E-state index contributed by atoms with van der Waals surface area (Å²) in [5.41, 5.74) is 9.31. The van der Waals surface area contributed by atoms with Crippen LogP contribution in [0.5, 0.6) is 0 Å². The van der Waals surface area contributed by atoms with E-state index in [2.05, 4.69) is 99.6 Å². The summed E-state index contributed by atoms with van der Waals surface area (Å²) in [6.07, 6.45) is 1.87. The van der Waals surface area contributed by atoms with Crippen molar-refractivity contribution in [2.45, 2.75) is 33.6 Å². The predicted molar refractivity (Wildman–Crippen MR) is 141 cm³/mol. The maximum atomic E-state index is 4.95. The van der Waals surface area contributed by atoms with E-state index in [-0.39, 0.29) is 0 Å². The Kier molecular flexibility index (Phi) is 6.09. The minimum Gasteiger partial charge on any atom is -0.213 e. The lowest BCUT2D eigenvalue weighted by Gasteiger charge is -2.13. The zero-order valence-corrected chi connectivity index (χ0v) is 20.0. The van der Waals surface area contributed by atoms with Crippen molar-refractivity contribution < 1.29 is 0 Å². The van der Waals surface area contributed by atoms with Crippen LogP contribution < -0.4 is 0 Å². The van der Waals surface area contributed by atoms with E-state index in [1.54, 1.807) is 0 Å². The van der Waals surface area contributed by atoms with Crippen molar-refractivity contribution in [1.29, 1.82) is 0 Å². The third kappa shape index (κ3) is 4.55. The Bertz CT molecular complexity index is 1330. The second kappa shape index (κ2) is 9.48. The first kappa shape index (κ1) is 21.8. The van der Waals surface area contributed by atoms with Crippen LogP contribution in [0.1, 0.15) is 30.3 Å². The summed E-state index contributed by atoms with van der Waals surface area (Å²) < 4.78 is 2.01. The third-order valence-electron chi connectivity index (χ3n) is 6.09. The molecule has 4 aromatic carbocycles. The molecule has 5 rings (SSSR count). The highest BCUT2D eigenvalue weighted by atomic mass is 15.4. The van der Waals surface area contributed by atoms with Gasteiger partial charge in [0.1, 0.15) is 0 Å². The second-order valence-electron chi connectivity index (χ2n) is 8.88. The van der Waals surface area contributed by atoms with Gasteiger partial charge in [-0.15, -0.1) is 0 Å². The summed E-state index contributed by atoms with van der Waals surface area (Å²) in [7, 11) is 0. The normalized spacial score (nSPS) is 11.0. The fourth-order valence-corrected chi connectivity index (χ4v) is 4.20. The molecule has 0 aliphatic carbocycles. The zero-order chi connectivity index (χ0) is 23.5. The first-order chi connectivity index (χ1) is 16.6. The van der Waals surface area contributed by atoms with Crippen molar-refractivity contribution in [3.8, 4) is 39.3 Å².